The standard InChI is InChI=1S/C14H19N3O3/c1-9-10(12(18)19)4-5-11(16-9)17-7-6-14(2,8-17)13(20)15-3/h4-5H,6-8H2,1-3H3,(H,15,20)(H,18,19). The van der Waals surface area contributed by atoms with E-state index in [0.29, 0.717) is 12.2 Å². The average molecular weight is 277 g/mol. The first-order valence-electron chi connectivity index (χ1n) is 6.55. The first kappa shape index (κ1) is 14.3. The number of carboxylic acids is 1. The highest BCUT2D eigenvalue weighted by molar-refractivity contribution is 5.89. The number of pyridine rings is 1. The molecule has 2 heterocycles. The smallest absolute Gasteiger partial charge is 0.337 e. The summed E-state index contributed by atoms with van der Waals surface area (Å²) < 4.78 is 0. The molecule has 2 rings (SSSR count). The number of aryl methyl sites for hydroxylation is 1. The summed E-state index contributed by atoms with van der Waals surface area (Å²) in [5.74, 6) is -0.225. The molecule has 0 bridgehead atoms. The monoisotopic (exact) mass is 277 g/mol. The van der Waals surface area contributed by atoms with Gasteiger partial charge in [0.2, 0.25) is 5.91 Å². The fourth-order valence-corrected chi connectivity index (χ4v) is 2.59. The van der Waals surface area contributed by atoms with Gasteiger partial charge in [-0.25, -0.2) is 9.78 Å². The van der Waals surface area contributed by atoms with Gasteiger partial charge in [0.15, 0.2) is 0 Å². The summed E-state index contributed by atoms with van der Waals surface area (Å²) in [6.45, 7) is 4.94. The quantitative estimate of drug-likeness (QED) is 0.863. The second-order valence-electron chi connectivity index (χ2n) is 5.42. The first-order valence-corrected chi connectivity index (χ1v) is 6.55. The third kappa shape index (κ3) is 2.45. The fraction of sp³-hybridized carbons (Fsp3) is 0.500. The Balaban J connectivity index is 2.21. The number of carboxylic acid groups (broad SMARTS) is 1. The largest absolute Gasteiger partial charge is 0.478 e. The van der Waals surface area contributed by atoms with Gasteiger partial charge in [-0.2, -0.15) is 0 Å². The zero-order chi connectivity index (χ0) is 14.9. The van der Waals surface area contributed by atoms with Gasteiger partial charge in [-0.1, -0.05) is 0 Å². The van der Waals surface area contributed by atoms with Crippen molar-refractivity contribution in [3.05, 3.63) is 23.4 Å². The molecule has 2 N–H and O–H groups in total. The molecule has 1 atom stereocenters. The zero-order valence-electron chi connectivity index (χ0n) is 11.9. The number of rotatable bonds is 3. The van der Waals surface area contributed by atoms with Crippen LogP contribution in [0.5, 0.6) is 0 Å². The molecule has 1 unspecified atom stereocenters. The van der Waals surface area contributed by atoms with Crippen molar-refractivity contribution in [2.24, 2.45) is 5.41 Å². The highest BCUT2D eigenvalue weighted by atomic mass is 16.4. The SMILES string of the molecule is CNC(=O)C1(C)CCN(c2ccc(C(=O)O)c(C)n2)C1. The summed E-state index contributed by atoms with van der Waals surface area (Å²) in [7, 11) is 1.64. The van der Waals surface area contributed by atoms with Crippen molar-refractivity contribution in [3.8, 4) is 0 Å². The van der Waals surface area contributed by atoms with Crippen molar-refractivity contribution < 1.29 is 14.7 Å². The van der Waals surface area contributed by atoms with E-state index in [-0.39, 0.29) is 11.5 Å². The summed E-state index contributed by atoms with van der Waals surface area (Å²) in [4.78, 5) is 29.2. The predicted octanol–water partition coefficient (Wildman–Crippen LogP) is 1.05. The maximum atomic E-state index is 11.9. The van der Waals surface area contributed by atoms with Gasteiger partial charge < -0.3 is 15.3 Å². The molecule has 20 heavy (non-hydrogen) atoms. The van der Waals surface area contributed by atoms with E-state index >= 15 is 0 Å². The molecule has 6 heteroatoms. The Hall–Kier alpha value is -2.11. The van der Waals surface area contributed by atoms with E-state index in [2.05, 4.69) is 10.3 Å². The number of hydrogen-bond donors (Lipinski definition) is 2. The molecule has 108 valence electrons. The number of carbonyl (C=O) groups is 2. The van der Waals surface area contributed by atoms with Crippen LogP contribution in [0.2, 0.25) is 0 Å². The van der Waals surface area contributed by atoms with Crippen LogP contribution in [-0.4, -0.2) is 42.1 Å². The normalized spacial score (nSPS) is 21.9. The summed E-state index contributed by atoms with van der Waals surface area (Å²) in [6.07, 6.45) is 0.758. The van der Waals surface area contributed by atoms with Gasteiger partial charge in [-0.3, -0.25) is 4.79 Å². The van der Waals surface area contributed by atoms with E-state index in [9.17, 15) is 9.59 Å². The second kappa shape index (κ2) is 5.11. The molecular formula is C14H19N3O3. The van der Waals surface area contributed by atoms with Crippen molar-refractivity contribution >= 4 is 17.7 Å². The Morgan fingerprint density at radius 2 is 2.15 bits per heavy atom. The van der Waals surface area contributed by atoms with Gasteiger partial charge in [0.25, 0.3) is 0 Å². The fourth-order valence-electron chi connectivity index (χ4n) is 2.59. The van der Waals surface area contributed by atoms with Crippen LogP contribution in [0.4, 0.5) is 5.82 Å². The van der Waals surface area contributed by atoms with Gasteiger partial charge >= 0.3 is 5.97 Å². The second-order valence-corrected chi connectivity index (χ2v) is 5.42. The molecule has 1 aliphatic heterocycles. The van der Waals surface area contributed by atoms with Gasteiger partial charge in [0.1, 0.15) is 5.82 Å². The van der Waals surface area contributed by atoms with Crippen molar-refractivity contribution in [2.45, 2.75) is 20.3 Å². The molecular weight excluding hydrogens is 258 g/mol. The molecule has 1 aliphatic rings. The van der Waals surface area contributed by atoms with E-state index in [0.717, 1.165) is 18.8 Å². The topological polar surface area (TPSA) is 82.5 Å². The number of anilines is 1. The van der Waals surface area contributed by atoms with E-state index in [1.807, 2.05) is 11.8 Å². The maximum absolute atomic E-state index is 11.9. The molecule has 1 aromatic rings. The summed E-state index contributed by atoms with van der Waals surface area (Å²) >= 11 is 0. The summed E-state index contributed by atoms with van der Waals surface area (Å²) in [6, 6.07) is 3.27. The van der Waals surface area contributed by atoms with Crippen LogP contribution in [0.1, 0.15) is 29.4 Å². The third-order valence-corrected chi connectivity index (χ3v) is 3.87. The predicted molar refractivity (Wildman–Crippen MR) is 74.9 cm³/mol. The molecule has 0 radical (unpaired) electrons. The van der Waals surface area contributed by atoms with E-state index in [4.69, 9.17) is 5.11 Å². The Morgan fingerprint density at radius 1 is 1.45 bits per heavy atom. The minimum absolute atomic E-state index is 0.0267. The minimum atomic E-state index is -0.974. The summed E-state index contributed by atoms with van der Waals surface area (Å²) in [5, 5.41) is 11.7. The van der Waals surface area contributed by atoms with Crippen LogP contribution >= 0.6 is 0 Å². The summed E-state index contributed by atoms with van der Waals surface area (Å²) in [5.41, 5.74) is 0.279. The van der Waals surface area contributed by atoms with Gasteiger partial charge in [-0.15, -0.1) is 0 Å². The highest BCUT2D eigenvalue weighted by Crippen LogP contribution is 2.32. The molecule has 0 saturated carbocycles. The van der Waals surface area contributed by atoms with Crippen LogP contribution in [0.3, 0.4) is 0 Å². The number of aromatic nitrogens is 1. The van der Waals surface area contributed by atoms with Gasteiger partial charge in [0, 0.05) is 20.1 Å². The molecule has 0 spiro atoms. The number of amides is 1. The Morgan fingerprint density at radius 3 is 2.70 bits per heavy atom. The Labute approximate surface area is 117 Å². The van der Waals surface area contributed by atoms with E-state index < -0.39 is 11.4 Å². The van der Waals surface area contributed by atoms with Crippen molar-refractivity contribution in [3.63, 3.8) is 0 Å². The number of hydrogen-bond acceptors (Lipinski definition) is 4. The van der Waals surface area contributed by atoms with Crippen LogP contribution in [0, 0.1) is 12.3 Å². The highest BCUT2D eigenvalue weighted by Gasteiger charge is 2.40. The molecule has 1 saturated heterocycles. The van der Waals surface area contributed by atoms with Crippen molar-refractivity contribution in [1.82, 2.24) is 10.3 Å². The lowest BCUT2D eigenvalue weighted by molar-refractivity contribution is -0.128. The number of carbonyl (C=O) groups excluding carboxylic acids is 1. The Bertz CT molecular complexity index is 559. The lowest BCUT2D eigenvalue weighted by Gasteiger charge is -2.23. The van der Waals surface area contributed by atoms with Crippen LogP contribution in [0.25, 0.3) is 0 Å². The molecule has 1 aromatic heterocycles. The van der Waals surface area contributed by atoms with E-state index in [1.54, 1.807) is 26.1 Å². The van der Waals surface area contributed by atoms with Crippen molar-refractivity contribution in [1.29, 1.82) is 0 Å². The lowest BCUT2D eigenvalue weighted by atomic mass is 9.89. The first-order chi connectivity index (χ1) is 9.37. The minimum Gasteiger partial charge on any atom is -0.478 e. The number of aromatic carboxylic acids is 1. The average Bonchev–Trinajstić information content (AvgIpc) is 2.81. The third-order valence-electron chi connectivity index (χ3n) is 3.87. The van der Waals surface area contributed by atoms with Gasteiger partial charge in [0.05, 0.1) is 16.7 Å². The van der Waals surface area contributed by atoms with Crippen molar-refractivity contribution in [2.75, 3.05) is 25.0 Å². The molecule has 0 aliphatic carbocycles. The molecule has 1 amide bonds. The Kier molecular flexibility index (Phi) is 3.65. The van der Waals surface area contributed by atoms with Crippen LogP contribution in [-0.2, 0) is 4.79 Å². The number of nitrogens with one attached hydrogen (secondary N) is 1. The molecule has 0 aromatic carbocycles. The van der Waals surface area contributed by atoms with Crippen LogP contribution < -0.4 is 10.2 Å². The van der Waals surface area contributed by atoms with E-state index in [1.165, 1.54) is 0 Å². The lowest BCUT2D eigenvalue weighted by Crippen LogP contribution is -2.39. The maximum Gasteiger partial charge on any atom is 0.337 e. The number of nitrogens with zero attached hydrogens (tertiary/aromatic N) is 2. The zero-order valence-corrected chi connectivity index (χ0v) is 11.9. The molecule has 6 nitrogen and oxygen atoms in total. The van der Waals surface area contributed by atoms with Crippen LogP contribution in [0.15, 0.2) is 12.1 Å². The van der Waals surface area contributed by atoms with Gasteiger partial charge in [-0.05, 0) is 32.4 Å². The molecule has 1 fully saturated rings.